The Bertz CT molecular complexity index is 1070. The number of anilines is 1. The predicted molar refractivity (Wildman–Crippen MR) is 104 cm³/mol. The molecule has 1 spiro atoms. The van der Waals surface area contributed by atoms with Crippen LogP contribution in [0.5, 0.6) is 0 Å². The van der Waals surface area contributed by atoms with E-state index in [-0.39, 0.29) is 6.54 Å². The first-order valence-corrected chi connectivity index (χ1v) is 9.81. The molecule has 8 heteroatoms. The fourth-order valence-corrected chi connectivity index (χ4v) is 5.09. The molecule has 3 amide bonds. The van der Waals surface area contributed by atoms with Crippen LogP contribution in [0.1, 0.15) is 18.1 Å². The molecule has 2 fully saturated rings. The molecular formula is C22H20FN3O4. The van der Waals surface area contributed by atoms with Crippen LogP contribution in [0.25, 0.3) is 0 Å². The first kappa shape index (κ1) is 18.9. The number of rotatable bonds is 3. The number of likely N-dealkylation sites (tertiary alicyclic amines) is 1. The molecule has 30 heavy (non-hydrogen) atoms. The second-order valence-electron chi connectivity index (χ2n) is 8.11. The highest BCUT2D eigenvalue weighted by atomic mass is 19.1. The maximum Gasteiger partial charge on any atom is 0.250 e. The van der Waals surface area contributed by atoms with Crippen LogP contribution < -0.4 is 10.6 Å². The van der Waals surface area contributed by atoms with Crippen LogP contribution in [-0.2, 0) is 26.5 Å². The van der Waals surface area contributed by atoms with Crippen LogP contribution in [-0.4, -0.2) is 39.9 Å². The second kappa shape index (κ2) is 6.45. The predicted octanol–water partition coefficient (Wildman–Crippen LogP) is 1.13. The molecule has 154 valence electrons. The number of carbonyl (C=O) groups is 3. The summed E-state index contributed by atoms with van der Waals surface area (Å²) in [5.41, 5.74) is 0.354. The standard InChI is InChI=1S/C22H20FN3O4/c1-11(27)18-16-17(22(25-18)14-4-2-3-5-15(14)24-21(22)30)20(29)26(19(16)28)10-12-6-8-13(23)9-7-12/h2-9,11,16-18,25,27H,10H2,1H3,(H,24,30)/t11-,16+,17+,18-,22+/m1/s1. The summed E-state index contributed by atoms with van der Waals surface area (Å²) in [4.78, 5) is 41.0. The van der Waals surface area contributed by atoms with Crippen molar-refractivity contribution >= 4 is 23.4 Å². The van der Waals surface area contributed by atoms with Crippen molar-refractivity contribution in [1.82, 2.24) is 10.2 Å². The van der Waals surface area contributed by atoms with E-state index in [0.717, 1.165) is 4.90 Å². The summed E-state index contributed by atoms with van der Waals surface area (Å²) < 4.78 is 13.2. The van der Waals surface area contributed by atoms with Crippen molar-refractivity contribution in [2.24, 2.45) is 11.8 Å². The number of aliphatic hydroxyl groups is 1. The Morgan fingerprint density at radius 3 is 2.50 bits per heavy atom. The van der Waals surface area contributed by atoms with Gasteiger partial charge >= 0.3 is 0 Å². The number of hydrogen-bond acceptors (Lipinski definition) is 5. The summed E-state index contributed by atoms with van der Waals surface area (Å²) in [7, 11) is 0. The third kappa shape index (κ3) is 2.41. The smallest absolute Gasteiger partial charge is 0.250 e. The summed E-state index contributed by atoms with van der Waals surface area (Å²) >= 11 is 0. The maximum absolute atomic E-state index is 13.5. The number of imide groups is 1. The molecule has 3 aliphatic heterocycles. The van der Waals surface area contributed by atoms with Crippen molar-refractivity contribution in [3.05, 3.63) is 65.5 Å². The molecule has 0 bridgehead atoms. The van der Waals surface area contributed by atoms with Gasteiger partial charge in [0.25, 0.3) is 0 Å². The van der Waals surface area contributed by atoms with Crippen molar-refractivity contribution in [3.63, 3.8) is 0 Å². The van der Waals surface area contributed by atoms with Gasteiger partial charge in [0.1, 0.15) is 11.4 Å². The summed E-state index contributed by atoms with van der Waals surface area (Å²) in [6, 6.07) is 11.8. The Hall–Kier alpha value is -3.10. The molecule has 0 unspecified atom stereocenters. The Kier molecular flexibility index (Phi) is 4.06. The molecule has 5 atom stereocenters. The van der Waals surface area contributed by atoms with Gasteiger partial charge in [0.05, 0.1) is 24.5 Å². The van der Waals surface area contributed by atoms with Crippen LogP contribution in [0.4, 0.5) is 10.1 Å². The van der Waals surface area contributed by atoms with E-state index >= 15 is 0 Å². The number of nitrogens with one attached hydrogen (secondary N) is 2. The Labute approximate surface area is 171 Å². The van der Waals surface area contributed by atoms with Crippen LogP contribution in [0.15, 0.2) is 48.5 Å². The number of carbonyl (C=O) groups excluding carboxylic acids is 3. The van der Waals surface area contributed by atoms with Crippen LogP contribution >= 0.6 is 0 Å². The molecule has 0 aromatic heterocycles. The third-order valence-corrected chi connectivity index (χ3v) is 6.42. The third-order valence-electron chi connectivity index (χ3n) is 6.42. The second-order valence-corrected chi connectivity index (χ2v) is 8.11. The number of aliphatic hydroxyl groups excluding tert-OH is 1. The molecule has 5 rings (SSSR count). The summed E-state index contributed by atoms with van der Waals surface area (Å²) in [5, 5.41) is 16.3. The fourth-order valence-electron chi connectivity index (χ4n) is 5.09. The van der Waals surface area contributed by atoms with Gasteiger partial charge in [0.15, 0.2) is 0 Å². The molecule has 0 aliphatic carbocycles. The monoisotopic (exact) mass is 409 g/mol. The fraction of sp³-hybridized carbons (Fsp3) is 0.318. The number of halogens is 1. The van der Waals surface area contributed by atoms with Gasteiger partial charge in [-0.15, -0.1) is 0 Å². The average Bonchev–Trinajstić information content (AvgIpc) is 3.31. The Balaban J connectivity index is 1.59. The Morgan fingerprint density at radius 2 is 1.80 bits per heavy atom. The van der Waals surface area contributed by atoms with Crippen LogP contribution in [0.3, 0.4) is 0 Å². The topological polar surface area (TPSA) is 98.7 Å². The van der Waals surface area contributed by atoms with E-state index in [9.17, 15) is 23.9 Å². The van der Waals surface area contributed by atoms with Crippen LogP contribution in [0.2, 0.25) is 0 Å². The lowest BCUT2D eigenvalue weighted by Gasteiger charge is -2.30. The summed E-state index contributed by atoms with van der Waals surface area (Å²) in [5.74, 6) is -3.60. The first-order chi connectivity index (χ1) is 14.3. The van der Waals surface area contributed by atoms with Gasteiger partial charge in [-0.05, 0) is 30.7 Å². The molecule has 0 radical (unpaired) electrons. The average molecular weight is 409 g/mol. The van der Waals surface area contributed by atoms with Crippen molar-refractivity contribution in [3.8, 4) is 0 Å². The molecule has 3 aliphatic rings. The SMILES string of the molecule is C[C@@H](O)[C@H]1N[C@]2(C(=O)Nc3ccccc32)[C@@H]2C(=O)N(Cc3ccc(F)cc3)C(=O)[C@H]12. The number of para-hydroxylation sites is 1. The lowest BCUT2D eigenvalue weighted by atomic mass is 9.76. The number of benzene rings is 2. The minimum atomic E-state index is -1.42. The van der Waals surface area contributed by atoms with Crippen molar-refractivity contribution in [2.45, 2.75) is 31.2 Å². The zero-order valence-electron chi connectivity index (χ0n) is 16.1. The van der Waals surface area contributed by atoms with Gasteiger partial charge in [-0.1, -0.05) is 30.3 Å². The quantitative estimate of drug-likeness (QED) is 0.660. The van der Waals surface area contributed by atoms with Gasteiger partial charge in [-0.3, -0.25) is 24.6 Å². The van der Waals surface area contributed by atoms with E-state index in [0.29, 0.717) is 16.8 Å². The molecule has 2 aromatic carbocycles. The highest BCUT2D eigenvalue weighted by molar-refractivity contribution is 6.15. The molecule has 3 heterocycles. The van der Waals surface area contributed by atoms with Crippen molar-refractivity contribution < 1.29 is 23.9 Å². The Morgan fingerprint density at radius 1 is 1.10 bits per heavy atom. The van der Waals surface area contributed by atoms with E-state index in [1.54, 1.807) is 24.3 Å². The van der Waals surface area contributed by atoms with E-state index in [2.05, 4.69) is 10.6 Å². The lowest BCUT2D eigenvalue weighted by Crippen LogP contribution is -2.54. The number of hydrogen-bond donors (Lipinski definition) is 3. The number of nitrogens with zero attached hydrogens (tertiary/aromatic N) is 1. The van der Waals surface area contributed by atoms with Gasteiger partial charge in [0.2, 0.25) is 17.7 Å². The summed E-state index contributed by atoms with van der Waals surface area (Å²) in [6.45, 7) is 1.52. The lowest BCUT2D eigenvalue weighted by molar-refractivity contribution is -0.143. The minimum Gasteiger partial charge on any atom is -0.392 e. The molecule has 3 N–H and O–H groups in total. The molecule has 2 saturated heterocycles. The number of fused-ring (bicyclic) bond motifs is 4. The molecule has 2 aromatic rings. The van der Waals surface area contributed by atoms with Gasteiger partial charge in [-0.2, -0.15) is 0 Å². The van der Waals surface area contributed by atoms with Crippen molar-refractivity contribution in [2.75, 3.05) is 5.32 Å². The van der Waals surface area contributed by atoms with Gasteiger partial charge in [-0.25, -0.2) is 4.39 Å². The zero-order chi connectivity index (χ0) is 21.2. The summed E-state index contributed by atoms with van der Waals surface area (Å²) in [6.07, 6.45) is -0.958. The first-order valence-electron chi connectivity index (χ1n) is 9.81. The number of amides is 3. The van der Waals surface area contributed by atoms with E-state index < -0.39 is 53.1 Å². The van der Waals surface area contributed by atoms with Gasteiger partial charge in [0, 0.05) is 17.3 Å². The van der Waals surface area contributed by atoms with E-state index in [1.807, 2.05) is 0 Å². The normalized spacial score (nSPS) is 30.6. The highest BCUT2D eigenvalue weighted by Gasteiger charge is 2.70. The molecule has 0 saturated carbocycles. The van der Waals surface area contributed by atoms with Gasteiger partial charge < -0.3 is 10.4 Å². The van der Waals surface area contributed by atoms with Crippen molar-refractivity contribution in [1.29, 1.82) is 0 Å². The van der Waals surface area contributed by atoms with Crippen LogP contribution in [0, 0.1) is 17.7 Å². The van der Waals surface area contributed by atoms with E-state index in [1.165, 1.54) is 31.2 Å². The molecular weight excluding hydrogens is 389 g/mol. The highest BCUT2D eigenvalue weighted by Crippen LogP contribution is 2.53. The molecule has 7 nitrogen and oxygen atoms in total. The maximum atomic E-state index is 13.5. The van der Waals surface area contributed by atoms with E-state index in [4.69, 9.17) is 0 Å². The largest absolute Gasteiger partial charge is 0.392 e. The minimum absolute atomic E-state index is 0.0170. The zero-order valence-corrected chi connectivity index (χ0v) is 16.1.